The molecule has 5 heteroatoms. The molecule has 28 heavy (non-hydrogen) atoms. The van der Waals surface area contributed by atoms with Crippen molar-refractivity contribution in [2.45, 2.75) is 18.9 Å². The lowest BCUT2D eigenvalue weighted by Gasteiger charge is -2.35. The third kappa shape index (κ3) is 5.98. The van der Waals surface area contributed by atoms with E-state index in [1.165, 1.54) is 12.8 Å². The highest BCUT2D eigenvalue weighted by atomic mass is 16.5. The van der Waals surface area contributed by atoms with Gasteiger partial charge < -0.3 is 15.0 Å². The van der Waals surface area contributed by atoms with Crippen LogP contribution < -0.4 is 10.1 Å². The van der Waals surface area contributed by atoms with E-state index in [4.69, 9.17) is 4.74 Å². The molecule has 1 aliphatic rings. The number of piperidine rings is 1. The van der Waals surface area contributed by atoms with Crippen molar-refractivity contribution in [2.75, 3.05) is 52.7 Å². The Morgan fingerprint density at radius 1 is 1.07 bits per heavy atom. The van der Waals surface area contributed by atoms with Gasteiger partial charge in [-0.25, -0.2) is 4.98 Å². The number of nitrogens with zero attached hydrogens (tertiary/aromatic N) is 3. The largest absolute Gasteiger partial charge is 0.492 e. The van der Waals surface area contributed by atoms with E-state index >= 15 is 0 Å². The second kappa shape index (κ2) is 10.1. The fourth-order valence-electron chi connectivity index (χ4n) is 3.35. The van der Waals surface area contributed by atoms with Gasteiger partial charge in [0, 0.05) is 37.0 Å². The van der Waals surface area contributed by atoms with Crippen LogP contribution >= 0.6 is 0 Å². The summed E-state index contributed by atoms with van der Waals surface area (Å²) in [6.07, 6.45) is 4.26. The first-order valence-corrected chi connectivity index (χ1v) is 9.91. The first-order chi connectivity index (χ1) is 13.6. The van der Waals surface area contributed by atoms with Gasteiger partial charge in [0.05, 0.1) is 0 Å². The molecule has 0 spiro atoms. The van der Waals surface area contributed by atoms with Crippen molar-refractivity contribution in [1.29, 1.82) is 0 Å². The van der Waals surface area contributed by atoms with Gasteiger partial charge in [-0.3, -0.25) is 4.90 Å². The maximum absolute atomic E-state index is 5.91. The zero-order valence-corrected chi connectivity index (χ0v) is 17.1. The van der Waals surface area contributed by atoms with E-state index in [2.05, 4.69) is 46.0 Å². The average Bonchev–Trinajstić information content (AvgIpc) is 2.74. The van der Waals surface area contributed by atoms with Crippen LogP contribution in [-0.2, 0) is 0 Å². The predicted octanol–water partition coefficient (Wildman–Crippen LogP) is 2.93. The molecule has 0 saturated carbocycles. The minimum absolute atomic E-state index is 0.723. The SMILES string of the molecule is CNc1ccc(C#Cc2ccc(OCCN3CCC(N(C)C)CC3)cc2)cn1. The quantitative estimate of drug-likeness (QED) is 0.783. The summed E-state index contributed by atoms with van der Waals surface area (Å²) in [4.78, 5) is 9.10. The standard InChI is InChI=1S/C23H30N4O/c1-24-23-11-8-20(18-25-23)5-4-19-6-9-22(10-7-19)28-17-16-27-14-12-21(13-15-27)26(2)3/h6-11,18,21H,12-17H2,1-3H3,(H,24,25). The Labute approximate surface area is 168 Å². The minimum atomic E-state index is 0.723. The molecule has 148 valence electrons. The second-order valence-electron chi connectivity index (χ2n) is 7.34. The van der Waals surface area contributed by atoms with Gasteiger partial charge in [0.2, 0.25) is 0 Å². The fraction of sp³-hybridized carbons (Fsp3) is 0.435. The smallest absolute Gasteiger partial charge is 0.125 e. The third-order valence-electron chi connectivity index (χ3n) is 5.19. The lowest BCUT2D eigenvalue weighted by Crippen LogP contribution is -2.43. The maximum Gasteiger partial charge on any atom is 0.125 e. The highest BCUT2D eigenvalue weighted by Gasteiger charge is 2.20. The molecule has 3 rings (SSSR count). The minimum Gasteiger partial charge on any atom is -0.492 e. The van der Waals surface area contributed by atoms with E-state index in [1.807, 2.05) is 43.4 Å². The van der Waals surface area contributed by atoms with Crippen molar-refractivity contribution in [2.24, 2.45) is 0 Å². The number of nitrogens with one attached hydrogen (secondary N) is 1. The summed E-state index contributed by atoms with van der Waals surface area (Å²) in [5.41, 5.74) is 1.87. The van der Waals surface area contributed by atoms with Gasteiger partial charge in [-0.1, -0.05) is 11.8 Å². The third-order valence-corrected chi connectivity index (χ3v) is 5.19. The number of aromatic nitrogens is 1. The van der Waals surface area contributed by atoms with Crippen LogP contribution in [0.5, 0.6) is 5.75 Å². The van der Waals surface area contributed by atoms with Crippen LogP contribution in [0.2, 0.25) is 0 Å². The molecule has 1 aliphatic heterocycles. The highest BCUT2D eigenvalue weighted by molar-refractivity contribution is 5.45. The van der Waals surface area contributed by atoms with Crippen LogP contribution in [0.4, 0.5) is 5.82 Å². The van der Waals surface area contributed by atoms with Crippen molar-refractivity contribution in [1.82, 2.24) is 14.8 Å². The Hall–Kier alpha value is -2.55. The highest BCUT2D eigenvalue weighted by Crippen LogP contribution is 2.15. The van der Waals surface area contributed by atoms with Gasteiger partial charge in [0.15, 0.2) is 0 Å². The van der Waals surface area contributed by atoms with Crippen LogP contribution in [0.1, 0.15) is 24.0 Å². The molecular weight excluding hydrogens is 348 g/mol. The summed E-state index contributed by atoms with van der Waals surface area (Å²) in [6, 6.07) is 12.6. The lowest BCUT2D eigenvalue weighted by atomic mass is 10.0. The van der Waals surface area contributed by atoms with Crippen LogP contribution in [0.3, 0.4) is 0 Å². The molecular formula is C23H30N4O. The Balaban J connectivity index is 1.43. The molecule has 2 aromatic rings. The van der Waals surface area contributed by atoms with Crippen molar-refractivity contribution in [3.8, 4) is 17.6 Å². The monoisotopic (exact) mass is 378 g/mol. The fourth-order valence-corrected chi connectivity index (χ4v) is 3.35. The summed E-state index contributed by atoms with van der Waals surface area (Å²) >= 11 is 0. The summed E-state index contributed by atoms with van der Waals surface area (Å²) < 4.78 is 5.91. The first-order valence-electron chi connectivity index (χ1n) is 9.91. The van der Waals surface area contributed by atoms with Crippen molar-refractivity contribution in [3.63, 3.8) is 0 Å². The van der Waals surface area contributed by atoms with E-state index in [0.717, 1.165) is 55.0 Å². The van der Waals surface area contributed by atoms with Gasteiger partial charge in [-0.15, -0.1) is 0 Å². The van der Waals surface area contributed by atoms with Gasteiger partial charge in [-0.2, -0.15) is 0 Å². The number of ether oxygens (including phenoxy) is 1. The molecule has 1 aromatic heterocycles. The normalized spacial score (nSPS) is 15.1. The molecule has 5 nitrogen and oxygen atoms in total. The summed E-state index contributed by atoms with van der Waals surface area (Å²) in [5.74, 6) is 8.05. The zero-order chi connectivity index (χ0) is 19.8. The maximum atomic E-state index is 5.91. The van der Waals surface area contributed by atoms with Crippen LogP contribution in [0, 0.1) is 11.8 Å². The summed E-state index contributed by atoms with van der Waals surface area (Å²) in [5, 5.41) is 3.00. The Morgan fingerprint density at radius 3 is 2.36 bits per heavy atom. The molecule has 0 unspecified atom stereocenters. The molecule has 0 aliphatic carbocycles. The molecule has 1 N–H and O–H groups in total. The Morgan fingerprint density at radius 2 is 1.75 bits per heavy atom. The van der Waals surface area contributed by atoms with E-state index in [-0.39, 0.29) is 0 Å². The molecule has 1 fully saturated rings. The zero-order valence-electron chi connectivity index (χ0n) is 17.1. The molecule has 0 radical (unpaired) electrons. The van der Waals surface area contributed by atoms with Crippen LogP contribution in [0.25, 0.3) is 0 Å². The van der Waals surface area contributed by atoms with Crippen molar-refractivity contribution >= 4 is 5.82 Å². The van der Waals surface area contributed by atoms with E-state index in [0.29, 0.717) is 0 Å². The summed E-state index contributed by atoms with van der Waals surface area (Å²) in [6.45, 7) is 4.02. The lowest BCUT2D eigenvalue weighted by molar-refractivity contribution is 0.128. The van der Waals surface area contributed by atoms with Gasteiger partial charge in [-0.05, 0) is 76.4 Å². The number of anilines is 1. The Bertz CT molecular complexity index is 782. The topological polar surface area (TPSA) is 40.6 Å². The average molecular weight is 379 g/mol. The number of hydrogen-bond acceptors (Lipinski definition) is 5. The molecule has 1 aromatic carbocycles. The number of pyridine rings is 1. The van der Waals surface area contributed by atoms with Crippen molar-refractivity contribution < 1.29 is 4.74 Å². The number of rotatable bonds is 6. The first kappa shape index (κ1) is 20.2. The van der Waals surface area contributed by atoms with Crippen LogP contribution in [0.15, 0.2) is 42.6 Å². The van der Waals surface area contributed by atoms with Gasteiger partial charge >= 0.3 is 0 Å². The van der Waals surface area contributed by atoms with Crippen LogP contribution in [-0.4, -0.2) is 68.2 Å². The van der Waals surface area contributed by atoms with E-state index in [9.17, 15) is 0 Å². The molecule has 0 bridgehead atoms. The molecule has 0 amide bonds. The molecule has 2 heterocycles. The van der Waals surface area contributed by atoms with E-state index in [1.54, 1.807) is 6.20 Å². The Kier molecular flexibility index (Phi) is 7.30. The predicted molar refractivity (Wildman–Crippen MR) is 115 cm³/mol. The second-order valence-corrected chi connectivity index (χ2v) is 7.34. The molecule has 1 saturated heterocycles. The number of benzene rings is 1. The van der Waals surface area contributed by atoms with Gasteiger partial charge in [0.25, 0.3) is 0 Å². The van der Waals surface area contributed by atoms with E-state index < -0.39 is 0 Å². The number of likely N-dealkylation sites (tertiary alicyclic amines) is 1. The number of hydrogen-bond donors (Lipinski definition) is 1. The molecule has 0 atom stereocenters. The van der Waals surface area contributed by atoms with Gasteiger partial charge in [0.1, 0.15) is 18.2 Å². The van der Waals surface area contributed by atoms with Crippen molar-refractivity contribution in [3.05, 3.63) is 53.7 Å². The summed E-state index contributed by atoms with van der Waals surface area (Å²) in [7, 11) is 6.20.